The highest BCUT2D eigenvalue weighted by molar-refractivity contribution is 7.80. The summed E-state index contributed by atoms with van der Waals surface area (Å²) >= 11 is 5.53. The quantitative estimate of drug-likeness (QED) is 0.610. The summed E-state index contributed by atoms with van der Waals surface area (Å²) in [5, 5.41) is 7.17. The fraction of sp³-hybridized carbons (Fsp3) is 0.333. The number of nitrogens with one attached hydrogen (secondary N) is 2. The van der Waals surface area contributed by atoms with Gasteiger partial charge in [-0.1, -0.05) is 12.1 Å². The minimum Gasteiger partial charge on any atom is -0.497 e. The number of thiocarbonyl (C=S) groups is 1. The number of rotatable bonds is 4. The first-order valence-electron chi connectivity index (χ1n) is 8.95. The molecule has 0 radical (unpaired) electrons. The van der Waals surface area contributed by atoms with Crippen molar-refractivity contribution < 1.29 is 14.3 Å². The average molecular weight is 385 g/mol. The number of esters is 1. The Hall–Kier alpha value is -2.60. The van der Waals surface area contributed by atoms with Gasteiger partial charge in [0.1, 0.15) is 5.75 Å². The standard InChI is InChI=1S/C21H24N2O3S/c1-13-7-8-15(20(24)26-3)12-19(13)23-21(27)22-18-6-4-5-14-11-16(25-2)9-10-17(14)18/h7-12,18H,4-6H2,1-3H3,(H2,22,23,27)/t18-/m1/s1. The number of hydrogen-bond acceptors (Lipinski definition) is 4. The molecule has 2 aromatic rings. The first-order valence-corrected chi connectivity index (χ1v) is 9.36. The van der Waals surface area contributed by atoms with Crippen molar-refractivity contribution in [3.8, 4) is 5.75 Å². The predicted octanol–water partition coefficient (Wildman–Crippen LogP) is 4.15. The number of anilines is 1. The van der Waals surface area contributed by atoms with Crippen LogP contribution >= 0.6 is 12.2 Å². The van der Waals surface area contributed by atoms with Crippen molar-refractivity contribution in [3.63, 3.8) is 0 Å². The molecule has 1 aliphatic carbocycles. The van der Waals surface area contributed by atoms with Gasteiger partial charge in [-0.3, -0.25) is 0 Å². The third-order valence-electron chi connectivity index (χ3n) is 4.88. The van der Waals surface area contributed by atoms with E-state index in [1.807, 2.05) is 19.1 Å². The van der Waals surface area contributed by atoms with Gasteiger partial charge >= 0.3 is 5.97 Å². The molecule has 0 spiro atoms. The number of benzene rings is 2. The van der Waals surface area contributed by atoms with E-state index in [1.165, 1.54) is 18.2 Å². The van der Waals surface area contributed by atoms with E-state index in [1.54, 1.807) is 19.2 Å². The van der Waals surface area contributed by atoms with Gasteiger partial charge in [0, 0.05) is 5.69 Å². The Labute approximate surface area is 165 Å². The van der Waals surface area contributed by atoms with Crippen molar-refractivity contribution in [2.24, 2.45) is 0 Å². The second-order valence-corrected chi connectivity index (χ2v) is 7.04. The lowest BCUT2D eigenvalue weighted by Crippen LogP contribution is -2.34. The summed E-state index contributed by atoms with van der Waals surface area (Å²) < 4.78 is 10.1. The molecule has 0 aromatic heterocycles. The molecule has 2 aromatic carbocycles. The molecule has 0 unspecified atom stereocenters. The summed E-state index contributed by atoms with van der Waals surface area (Å²) in [4.78, 5) is 11.8. The molecule has 0 saturated heterocycles. The van der Waals surface area contributed by atoms with Crippen molar-refractivity contribution in [3.05, 3.63) is 58.7 Å². The monoisotopic (exact) mass is 384 g/mol. The second kappa shape index (κ2) is 8.39. The van der Waals surface area contributed by atoms with Crippen LogP contribution in [0.1, 0.15) is 45.9 Å². The van der Waals surface area contributed by atoms with E-state index in [0.717, 1.165) is 36.3 Å². The van der Waals surface area contributed by atoms with E-state index < -0.39 is 0 Å². The number of fused-ring (bicyclic) bond motifs is 1. The van der Waals surface area contributed by atoms with Gasteiger partial charge < -0.3 is 20.1 Å². The third-order valence-corrected chi connectivity index (χ3v) is 5.10. The van der Waals surface area contributed by atoms with Crippen molar-refractivity contribution in [2.45, 2.75) is 32.2 Å². The maximum absolute atomic E-state index is 11.8. The topological polar surface area (TPSA) is 59.6 Å². The van der Waals surface area contributed by atoms with Crippen LogP contribution in [0.3, 0.4) is 0 Å². The van der Waals surface area contributed by atoms with E-state index in [-0.39, 0.29) is 12.0 Å². The molecular weight excluding hydrogens is 360 g/mol. The predicted molar refractivity (Wildman–Crippen MR) is 111 cm³/mol. The van der Waals surface area contributed by atoms with Gasteiger partial charge in [-0.15, -0.1) is 0 Å². The van der Waals surface area contributed by atoms with E-state index >= 15 is 0 Å². The Kier molecular flexibility index (Phi) is 5.96. The average Bonchev–Trinajstić information content (AvgIpc) is 2.68. The number of aryl methyl sites for hydroxylation is 2. The molecular formula is C21H24N2O3S. The SMILES string of the molecule is COC(=O)c1ccc(C)c(NC(=S)N[C@@H]2CCCc3cc(OC)ccc32)c1. The molecule has 1 aliphatic rings. The van der Waals surface area contributed by atoms with E-state index in [0.29, 0.717) is 10.7 Å². The van der Waals surface area contributed by atoms with Crippen molar-refractivity contribution in [1.82, 2.24) is 5.32 Å². The van der Waals surface area contributed by atoms with Crippen LogP contribution in [0.25, 0.3) is 0 Å². The lowest BCUT2D eigenvalue weighted by Gasteiger charge is -2.28. The Morgan fingerprint density at radius 1 is 1.19 bits per heavy atom. The van der Waals surface area contributed by atoms with Crippen molar-refractivity contribution >= 4 is 29.0 Å². The van der Waals surface area contributed by atoms with Crippen LogP contribution in [0.2, 0.25) is 0 Å². The number of methoxy groups -OCH3 is 2. The molecule has 0 heterocycles. The molecule has 6 heteroatoms. The van der Waals surface area contributed by atoms with Gasteiger partial charge in [-0.2, -0.15) is 0 Å². The molecule has 0 saturated carbocycles. The molecule has 2 N–H and O–H groups in total. The second-order valence-electron chi connectivity index (χ2n) is 6.63. The third kappa shape index (κ3) is 4.39. The lowest BCUT2D eigenvalue weighted by atomic mass is 9.87. The van der Waals surface area contributed by atoms with Crippen LogP contribution in [0.4, 0.5) is 5.69 Å². The molecule has 142 valence electrons. The van der Waals surface area contributed by atoms with Gasteiger partial charge in [0.15, 0.2) is 5.11 Å². The van der Waals surface area contributed by atoms with Gasteiger partial charge in [0.2, 0.25) is 0 Å². The molecule has 1 atom stereocenters. The van der Waals surface area contributed by atoms with Crippen LogP contribution in [0, 0.1) is 6.92 Å². The highest BCUT2D eigenvalue weighted by Gasteiger charge is 2.21. The van der Waals surface area contributed by atoms with Crippen LogP contribution in [0.5, 0.6) is 5.75 Å². The summed E-state index contributed by atoms with van der Waals surface area (Å²) in [6, 6.07) is 11.7. The molecule has 0 bridgehead atoms. The van der Waals surface area contributed by atoms with Crippen molar-refractivity contribution in [2.75, 3.05) is 19.5 Å². The first kappa shape index (κ1) is 19.2. The smallest absolute Gasteiger partial charge is 0.337 e. The number of hydrogen-bond donors (Lipinski definition) is 2. The van der Waals surface area contributed by atoms with E-state index in [2.05, 4.69) is 22.8 Å². The lowest BCUT2D eigenvalue weighted by molar-refractivity contribution is 0.0601. The molecule has 5 nitrogen and oxygen atoms in total. The highest BCUT2D eigenvalue weighted by atomic mass is 32.1. The zero-order valence-corrected chi connectivity index (χ0v) is 16.6. The number of carbonyl (C=O) groups is 1. The van der Waals surface area contributed by atoms with Gasteiger partial charge in [0.25, 0.3) is 0 Å². The minimum atomic E-state index is -0.368. The van der Waals surface area contributed by atoms with Crippen molar-refractivity contribution in [1.29, 1.82) is 0 Å². The first-order chi connectivity index (χ1) is 13.0. The van der Waals surface area contributed by atoms with Gasteiger partial charge in [-0.25, -0.2) is 4.79 Å². The highest BCUT2D eigenvalue weighted by Crippen LogP contribution is 2.32. The minimum absolute atomic E-state index is 0.156. The summed E-state index contributed by atoms with van der Waals surface area (Å²) in [5.41, 5.74) is 4.83. The fourth-order valence-electron chi connectivity index (χ4n) is 3.39. The maximum Gasteiger partial charge on any atom is 0.337 e. The van der Waals surface area contributed by atoms with Gasteiger partial charge in [-0.05, 0) is 79.4 Å². The Balaban J connectivity index is 1.73. The van der Waals surface area contributed by atoms with Crippen LogP contribution in [-0.2, 0) is 11.2 Å². The maximum atomic E-state index is 11.8. The summed E-state index contributed by atoms with van der Waals surface area (Å²) in [5.74, 6) is 0.512. The largest absolute Gasteiger partial charge is 0.497 e. The van der Waals surface area contributed by atoms with Gasteiger partial charge in [0.05, 0.1) is 25.8 Å². The normalized spacial score (nSPS) is 15.4. The Morgan fingerprint density at radius 3 is 2.74 bits per heavy atom. The molecule has 27 heavy (non-hydrogen) atoms. The number of carbonyl (C=O) groups excluding carboxylic acids is 1. The molecule has 0 amide bonds. The number of ether oxygens (including phenoxy) is 2. The van der Waals surface area contributed by atoms with E-state index in [4.69, 9.17) is 21.7 Å². The zero-order chi connectivity index (χ0) is 19.4. The fourth-order valence-corrected chi connectivity index (χ4v) is 3.64. The summed E-state index contributed by atoms with van der Waals surface area (Å²) in [6.07, 6.45) is 3.16. The van der Waals surface area contributed by atoms with E-state index in [9.17, 15) is 4.79 Å². The molecule has 0 aliphatic heterocycles. The Morgan fingerprint density at radius 2 is 2.00 bits per heavy atom. The summed E-state index contributed by atoms with van der Waals surface area (Å²) in [6.45, 7) is 1.97. The van der Waals surface area contributed by atoms with Crippen LogP contribution in [0.15, 0.2) is 36.4 Å². The molecule has 3 rings (SSSR count). The van der Waals surface area contributed by atoms with Crippen LogP contribution < -0.4 is 15.4 Å². The molecule has 0 fully saturated rings. The Bertz CT molecular complexity index is 867. The summed E-state index contributed by atoms with van der Waals surface area (Å²) in [7, 11) is 3.06. The zero-order valence-electron chi connectivity index (χ0n) is 15.8. The van der Waals surface area contributed by atoms with Crippen LogP contribution in [-0.4, -0.2) is 25.3 Å².